The van der Waals surface area contributed by atoms with Crippen molar-refractivity contribution in [1.29, 1.82) is 0 Å². The van der Waals surface area contributed by atoms with Gasteiger partial charge in [0.1, 0.15) is 0 Å². The zero-order valence-electron chi connectivity index (χ0n) is 9.48. The Morgan fingerprint density at radius 2 is 2.40 bits per heavy atom. The molecular weight excluding hydrogens is 190 g/mol. The fraction of sp³-hybridized carbons (Fsp3) is 0.900. The highest BCUT2D eigenvalue weighted by Gasteiger charge is 2.25. The molecule has 1 saturated heterocycles. The van der Waals surface area contributed by atoms with Gasteiger partial charge in [-0.15, -0.1) is 10.2 Å². The quantitative estimate of drug-likeness (QED) is 0.799. The molecule has 0 bridgehead atoms. The normalized spacial score (nSPS) is 22.7. The number of hydrogen-bond acceptors (Lipinski definition) is 4. The third kappa shape index (κ3) is 2.75. The largest absolute Gasteiger partial charge is 0.300 e. The van der Waals surface area contributed by atoms with Crippen molar-refractivity contribution in [2.75, 3.05) is 13.1 Å². The van der Waals surface area contributed by atoms with Crippen molar-refractivity contribution in [3.63, 3.8) is 0 Å². The van der Waals surface area contributed by atoms with E-state index in [2.05, 4.69) is 39.4 Å². The third-order valence-corrected chi connectivity index (χ3v) is 2.91. The summed E-state index contributed by atoms with van der Waals surface area (Å²) >= 11 is 0. The van der Waals surface area contributed by atoms with Crippen LogP contribution in [-0.4, -0.2) is 44.7 Å². The van der Waals surface area contributed by atoms with E-state index >= 15 is 0 Å². The first kappa shape index (κ1) is 10.5. The molecule has 0 spiro atoms. The average molecular weight is 209 g/mol. The molecule has 5 nitrogen and oxygen atoms in total. The number of tetrazole rings is 1. The smallest absolute Gasteiger partial charge is 0.176 e. The van der Waals surface area contributed by atoms with E-state index in [1.165, 1.54) is 25.9 Å². The van der Waals surface area contributed by atoms with E-state index in [1.807, 2.05) is 0 Å². The fourth-order valence-corrected chi connectivity index (χ4v) is 2.32. The molecule has 1 aromatic heterocycles. The van der Waals surface area contributed by atoms with Crippen molar-refractivity contribution in [2.45, 2.75) is 39.2 Å². The summed E-state index contributed by atoms with van der Waals surface area (Å²) in [7, 11) is 0. The summed E-state index contributed by atoms with van der Waals surface area (Å²) < 4.78 is 0. The van der Waals surface area contributed by atoms with Gasteiger partial charge in [-0.05, 0) is 25.3 Å². The summed E-state index contributed by atoms with van der Waals surface area (Å²) in [6, 6.07) is 0.616. The third-order valence-electron chi connectivity index (χ3n) is 2.91. The van der Waals surface area contributed by atoms with E-state index in [0.717, 1.165) is 18.2 Å². The van der Waals surface area contributed by atoms with Gasteiger partial charge in [0.05, 0.1) is 0 Å². The minimum atomic E-state index is 0.616. The first-order valence-corrected chi connectivity index (χ1v) is 5.72. The van der Waals surface area contributed by atoms with Gasteiger partial charge >= 0.3 is 0 Å². The molecule has 1 aliphatic heterocycles. The number of nitrogens with one attached hydrogen (secondary N) is 1. The van der Waals surface area contributed by atoms with Gasteiger partial charge in [-0.25, -0.2) is 0 Å². The van der Waals surface area contributed by atoms with Gasteiger partial charge in [0.2, 0.25) is 0 Å². The number of rotatable bonds is 4. The van der Waals surface area contributed by atoms with Crippen LogP contribution in [0.1, 0.15) is 32.5 Å². The van der Waals surface area contributed by atoms with Crippen molar-refractivity contribution in [1.82, 2.24) is 25.5 Å². The van der Waals surface area contributed by atoms with Gasteiger partial charge in [-0.3, -0.25) is 4.90 Å². The second-order valence-corrected chi connectivity index (χ2v) is 4.72. The lowest BCUT2D eigenvalue weighted by atomic mass is 10.1. The van der Waals surface area contributed by atoms with Gasteiger partial charge in [-0.1, -0.05) is 19.1 Å². The second kappa shape index (κ2) is 4.70. The van der Waals surface area contributed by atoms with E-state index in [0.29, 0.717) is 6.04 Å². The lowest BCUT2D eigenvalue weighted by Crippen LogP contribution is -2.34. The summed E-state index contributed by atoms with van der Waals surface area (Å²) in [6.45, 7) is 6.94. The SMILES string of the molecule is CC(C)CN1CCCC1Cc1nn[nH]n1. The molecule has 0 aliphatic carbocycles. The lowest BCUT2D eigenvalue weighted by molar-refractivity contribution is 0.223. The van der Waals surface area contributed by atoms with Crippen LogP contribution in [0.3, 0.4) is 0 Å². The predicted molar refractivity (Wildman–Crippen MR) is 57.3 cm³/mol. The van der Waals surface area contributed by atoms with Crippen LogP contribution >= 0.6 is 0 Å². The molecule has 2 heterocycles. The Morgan fingerprint density at radius 1 is 1.53 bits per heavy atom. The maximum Gasteiger partial charge on any atom is 0.176 e. The van der Waals surface area contributed by atoms with Crippen molar-refractivity contribution in [2.24, 2.45) is 5.92 Å². The molecule has 0 aromatic carbocycles. The van der Waals surface area contributed by atoms with E-state index in [-0.39, 0.29) is 0 Å². The molecule has 1 aromatic rings. The van der Waals surface area contributed by atoms with Gasteiger partial charge in [0, 0.05) is 19.0 Å². The summed E-state index contributed by atoms with van der Waals surface area (Å²) in [5, 5.41) is 14.1. The number of aromatic amines is 1. The molecule has 1 unspecified atom stereocenters. The molecule has 2 rings (SSSR count). The Kier molecular flexibility index (Phi) is 3.30. The van der Waals surface area contributed by atoms with E-state index in [9.17, 15) is 0 Å². The molecule has 84 valence electrons. The van der Waals surface area contributed by atoms with Gasteiger partial charge in [0.25, 0.3) is 0 Å². The highest BCUT2D eigenvalue weighted by molar-refractivity contribution is 4.89. The van der Waals surface area contributed by atoms with Crippen LogP contribution in [0.25, 0.3) is 0 Å². The maximum atomic E-state index is 4.02. The van der Waals surface area contributed by atoms with E-state index < -0.39 is 0 Å². The molecule has 0 saturated carbocycles. The number of likely N-dealkylation sites (tertiary alicyclic amines) is 1. The Balaban J connectivity index is 1.90. The molecule has 1 atom stereocenters. The van der Waals surface area contributed by atoms with Crippen LogP contribution in [0.2, 0.25) is 0 Å². The Hall–Kier alpha value is -0.970. The Morgan fingerprint density at radius 3 is 3.07 bits per heavy atom. The van der Waals surface area contributed by atoms with Gasteiger partial charge in [0.15, 0.2) is 5.82 Å². The first-order chi connectivity index (χ1) is 7.25. The van der Waals surface area contributed by atoms with E-state index in [1.54, 1.807) is 0 Å². The predicted octanol–water partition coefficient (Wildman–Crippen LogP) is 0.863. The highest BCUT2D eigenvalue weighted by atomic mass is 15.5. The highest BCUT2D eigenvalue weighted by Crippen LogP contribution is 2.20. The molecule has 5 heteroatoms. The van der Waals surface area contributed by atoms with Gasteiger partial charge < -0.3 is 0 Å². The van der Waals surface area contributed by atoms with Crippen LogP contribution in [0.5, 0.6) is 0 Å². The molecule has 0 amide bonds. The van der Waals surface area contributed by atoms with Crippen molar-refractivity contribution >= 4 is 0 Å². The summed E-state index contributed by atoms with van der Waals surface area (Å²) in [4.78, 5) is 2.56. The topological polar surface area (TPSA) is 57.7 Å². The molecule has 0 radical (unpaired) electrons. The van der Waals surface area contributed by atoms with Gasteiger partial charge in [-0.2, -0.15) is 5.21 Å². The monoisotopic (exact) mass is 209 g/mol. The molecule has 1 N–H and O–H groups in total. The maximum absolute atomic E-state index is 4.02. The number of aromatic nitrogens is 4. The number of H-pyrrole nitrogens is 1. The van der Waals surface area contributed by atoms with Crippen LogP contribution in [0.4, 0.5) is 0 Å². The molecule has 1 aliphatic rings. The zero-order valence-corrected chi connectivity index (χ0v) is 9.48. The van der Waals surface area contributed by atoms with Crippen LogP contribution < -0.4 is 0 Å². The minimum Gasteiger partial charge on any atom is -0.300 e. The molecule has 15 heavy (non-hydrogen) atoms. The zero-order chi connectivity index (χ0) is 10.7. The summed E-state index contributed by atoms with van der Waals surface area (Å²) in [6.07, 6.45) is 3.50. The lowest BCUT2D eigenvalue weighted by Gasteiger charge is -2.25. The van der Waals surface area contributed by atoms with Crippen molar-refractivity contribution in [3.8, 4) is 0 Å². The summed E-state index contributed by atoms with van der Waals surface area (Å²) in [5.74, 6) is 1.58. The van der Waals surface area contributed by atoms with Crippen molar-refractivity contribution in [3.05, 3.63) is 5.82 Å². The second-order valence-electron chi connectivity index (χ2n) is 4.72. The van der Waals surface area contributed by atoms with Crippen molar-refractivity contribution < 1.29 is 0 Å². The molecular formula is C10H19N5. The van der Waals surface area contributed by atoms with Crippen LogP contribution in [-0.2, 0) is 6.42 Å². The molecule has 1 fully saturated rings. The van der Waals surface area contributed by atoms with Crippen LogP contribution in [0.15, 0.2) is 0 Å². The number of hydrogen-bond donors (Lipinski definition) is 1. The number of nitrogens with zero attached hydrogens (tertiary/aromatic N) is 4. The average Bonchev–Trinajstić information content (AvgIpc) is 2.78. The first-order valence-electron chi connectivity index (χ1n) is 5.72. The Bertz CT molecular complexity index is 282. The Labute approximate surface area is 90.2 Å². The summed E-state index contributed by atoms with van der Waals surface area (Å²) in [5.41, 5.74) is 0. The fourth-order valence-electron chi connectivity index (χ4n) is 2.32. The standard InChI is InChI=1S/C10H19N5/c1-8(2)7-15-5-3-4-9(15)6-10-11-13-14-12-10/h8-9H,3-7H2,1-2H3,(H,11,12,13,14). The van der Waals surface area contributed by atoms with Crippen LogP contribution in [0, 0.1) is 5.92 Å². The minimum absolute atomic E-state index is 0.616. The van der Waals surface area contributed by atoms with E-state index in [4.69, 9.17) is 0 Å².